The lowest BCUT2D eigenvalue weighted by Gasteiger charge is -2.22. The Morgan fingerprint density at radius 2 is 1.53 bits per heavy atom. The zero-order valence-electron chi connectivity index (χ0n) is 20.5. The maximum atomic E-state index is 12.1. The Labute approximate surface area is 211 Å². The zero-order chi connectivity index (χ0) is 25.3. The minimum atomic E-state index is -3.29. The summed E-state index contributed by atoms with van der Waals surface area (Å²) in [6.45, 7) is 0.830. The molecule has 0 unspecified atom stereocenters. The molecule has 0 fully saturated rings. The molecule has 1 aliphatic rings. The second-order valence-electron chi connectivity index (χ2n) is 8.80. The summed E-state index contributed by atoms with van der Waals surface area (Å²) in [5.41, 5.74) is 5.89. The number of aryl methyl sites for hydroxylation is 1. The molecule has 0 atom stereocenters. The van der Waals surface area contributed by atoms with Crippen LogP contribution in [0.1, 0.15) is 22.5 Å². The number of hydrogen-bond donors (Lipinski definition) is 0. The van der Waals surface area contributed by atoms with Gasteiger partial charge in [-0.1, -0.05) is 12.1 Å². The highest BCUT2D eigenvalue weighted by Crippen LogP contribution is 2.35. The van der Waals surface area contributed by atoms with Crippen molar-refractivity contribution in [2.24, 2.45) is 0 Å². The summed E-state index contributed by atoms with van der Waals surface area (Å²) in [7, 11) is -0.00207. The number of imidazole rings is 1. The number of hydrogen-bond acceptors (Lipinski definition) is 6. The van der Waals surface area contributed by atoms with Crippen molar-refractivity contribution < 1.29 is 22.6 Å². The van der Waals surface area contributed by atoms with E-state index in [1.807, 2.05) is 54.6 Å². The number of fused-ring (bicyclic) bond motifs is 3. The first-order valence-electron chi connectivity index (χ1n) is 11.7. The van der Waals surface area contributed by atoms with E-state index in [0.29, 0.717) is 18.1 Å². The monoisotopic (exact) mass is 504 g/mol. The van der Waals surface area contributed by atoms with Gasteiger partial charge in [0.15, 0.2) is 9.84 Å². The SMILES string of the molecule is COc1ccc(COCc2nc(-c3ccc(OC)cc3)n3c2CCc2cc(S(C)(=O)=O)ccc2-3)cc1. The quantitative estimate of drug-likeness (QED) is 0.344. The number of aromatic nitrogens is 2. The van der Waals surface area contributed by atoms with E-state index in [9.17, 15) is 8.42 Å². The normalized spacial score (nSPS) is 12.6. The summed E-state index contributed by atoms with van der Waals surface area (Å²) in [6.07, 6.45) is 2.71. The number of ether oxygens (including phenoxy) is 3. The van der Waals surface area contributed by atoms with E-state index in [1.165, 1.54) is 6.26 Å². The molecule has 5 rings (SSSR count). The lowest BCUT2D eigenvalue weighted by molar-refractivity contribution is 0.104. The number of nitrogens with zero attached hydrogens (tertiary/aromatic N) is 2. The van der Waals surface area contributed by atoms with Gasteiger partial charge in [-0.2, -0.15) is 0 Å². The highest BCUT2D eigenvalue weighted by atomic mass is 32.2. The maximum absolute atomic E-state index is 12.1. The Morgan fingerprint density at radius 3 is 2.17 bits per heavy atom. The van der Waals surface area contributed by atoms with Gasteiger partial charge < -0.3 is 14.2 Å². The van der Waals surface area contributed by atoms with Crippen LogP contribution >= 0.6 is 0 Å². The van der Waals surface area contributed by atoms with Crippen LogP contribution < -0.4 is 9.47 Å². The van der Waals surface area contributed by atoms with Crippen LogP contribution in [0.5, 0.6) is 11.5 Å². The van der Waals surface area contributed by atoms with Gasteiger partial charge in [-0.25, -0.2) is 13.4 Å². The van der Waals surface area contributed by atoms with E-state index < -0.39 is 9.84 Å². The third-order valence-corrected chi connectivity index (χ3v) is 7.53. The number of rotatable bonds is 8. The molecule has 0 saturated heterocycles. The molecule has 0 radical (unpaired) electrons. The molecule has 0 bridgehead atoms. The molecule has 1 aromatic heterocycles. The predicted octanol–water partition coefficient (Wildman–Crippen LogP) is 4.78. The molecule has 7 nitrogen and oxygen atoms in total. The van der Waals surface area contributed by atoms with Crippen molar-refractivity contribution >= 4 is 9.84 Å². The van der Waals surface area contributed by atoms with Gasteiger partial charge in [0.25, 0.3) is 0 Å². The van der Waals surface area contributed by atoms with E-state index in [0.717, 1.165) is 63.9 Å². The lowest BCUT2D eigenvalue weighted by atomic mass is 10.0. The minimum absolute atomic E-state index is 0.332. The molecule has 8 heteroatoms. The van der Waals surface area contributed by atoms with Crippen LogP contribution in [0.15, 0.2) is 71.6 Å². The Balaban J connectivity index is 1.51. The Hall–Kier alpha value is -3.62. The van der Waals surface area contributed by atoms with Gasteiger partial charge in [0.2, 0.25) is 0 Å². The van der Waals surface area contributed by atoms with E-state index in [4.69, 9.17) is 19.2 Å². The van der Waals surface area contributed by atoms with Crippen LogP contribution in [0.25, 0.3) is 17.1 Å². The van der Waals surface area contributed by atoms with Crippen LogP contribution in [0.3, 0.4) is 0 Å². The average Bonchev–Trinajstić information content (AvgIpc) is 3.27. The van der Waals surface area contributed by atoms with Crippen molar-refractivity contribution in [1.29, 1.82) is 0 Å². The maximum Gasteiger partial charge on any atom is 0.175 e. The predicted molar refractivity (Wildman–Crippen MR) is 138 cm³/mol. The number of methoxy groups -OCH3 is 2. The molecule has 0 saturated carbocycles. The minimum Gasteiger partial charge on any atom is -0.497 e. The van der Waals surface area contributed by atoms with Crippen molar-refractivity contribution in [1.82, 2.24) is 9.55 Å². The summed E-state index contributed by atoms with van der Waals surface area (Å²) >= 11 is 0. The fourth-order valence-corrected chi connectivity index (χ4v) is 5.19. The largest absolute Gasteiger partial charge is 0.497 e. The zero-order valence-corrected chi connectivity index (χ0v) is 21.3. The van der Waals surface area contributed by atoms with E-state index in [2.05, 4.69) is 4.57 Å². The van der Waals surface area contributed by atoms with Crippen molar-refractivity contribution in [3.63, 3.8) is 0 Å². The van der Waals surface area contributed by atoms with Crippen LogP contribution in [0.2, 0.25) is 0 Å². The molecule has 0 aliphatic carbocycles. The average molecular weight is 505 g/mol. The van der Waals surface area contributed by atoms with Crippen LogP contribution in [-0.2, 0) is 40.6 Å². The van der Waals surface area contributed by atoms with Gasteiger partial charge in [-0.15, -0.1) is 0 Å². The third-order valence-electron chi connectivity index (χ3n) is 6.42. The highest BCUT2D eigenvalue weighted by molar-refractivity contribution is 7.90. The fourth-order valence-electron chi connectivity index (χ4n) is 4.52. The first-order chi connectivity index (χ1) is 17.4. The molecule has 186 valence electrons. The second-order valence-corrected chi connectivity index (χ2v) is 10.8. The number of sulfone groups is 1. The van der Waals surface area contributed by atoms with Crippen LogP contribution in [0.4, 0.5) is 0 Å². The van der Waals surface area contributed by atoms with Gasteiger partial charge in [0, 0.05) is 17.5 Å². The summed E-state index contributed by atoms with van der Waals surface area (Å²) < 4.78 is 43.0. The first-order valence-corrected chi connectivity index (χ1v) is 13.6. The standard InChI is InChI=1S/C28H28N2O5S/c1-33-22-9-4-19(5-10-22)17-35-18-25-27-14-8-21-16-24(36(3,31)32)13-15-26(21)30(27)28(29-25)20-6-11-23(34-2)12-7-20/h4-7,9-13,15-16H,8,14,17-18H2,1-3H3. The summed E-state index contributed by atoms with van der Waals surface area (Å²) in [6, 6.07) is 20.9. The van der Waals surface area contributed by atoms with Crippen molar-refractivity contribution in [2.45, 2.75) is 31.0 Å². The van der Waals surface area contributed by atoms with Crippen molar-refractivity contribution in [2.75, 3.05) is 20.5 Å². The lowest BCUT2D eigenvalue weighted by Crippen LogP contribution is -2.15. The van der Waals surface area contributed by atoms with Crippen LogP contribution in [-0.4, -0.2) is 38.4 Å². The van der Waals surface area contributed by atoms with Gasteiger partial charge in [-0.3, -0.25) is 4.57 Å². The molecule has 3 aromatic carbocycles. The summed E-state index contributed by atoms with van der Waals surface area (Å²) in [5, 5.41) is 0. The van der Waals surface area contributed by atoms with E-state index in [1.54, 1.807) is 26.4 Å². The third kappa shape index (κ3) is 4.74. The van der Waals surface area contributed by atoms with Gasteiger partial charge in [0.05, 0.1) is 43.7 Å². The Kier molecular flexibility index (Phi) is 6.55. The molecule has 0 N–H and O–H groups in total. The van der Waals surface area contributed by atoms with Gasteiger partial charge in [-0.05, 0) is 78.6 Å². The van der Waals surface area contributed by atoms with Gasteiger partial charge in [0.1, 0.15) is 17.3 Å². The van der Waals surface area contributed by atoms with Crippen molar-refractivity contribution in [3.8, 4) is 28.6 Å². The molecule has 0 spiro atoms. The van der Waals surface area contributed by atoms with Gasteiger partial charge >= 0.3 is 0 Å². The molecule has 0 amide bonds. The van der Waals surface area contributed by atoms with E-state index in [-0.39, 0.29) is 0 Å². The summed E-state index contributed by atoms with van der Waals surface area (Å²) in [4.78, 5) is 5.34. The molecular formula is C28H28N2O5S. The molecule has 4 aromatic rings. The fraction of sp³-hybridized carbons (Fsp3) is 0.250. The topological polar surface area (TPSA) is 79.7 Å². The molecule has 1 aliphatic heterocycles. The molecular weight excluding hydrogens is 476 g/mol. The second kappa shape index (κ2) is 9.79. The van der Waals surface area contributed by atoms with E-state index >= 15 is 0 Å². The molecule has 36 heavy (non-hydrogen) atoms. The highest BCUT2D eigenvalue weighted by Gasteiger charge is 2.26. The van der Waals surface area contributed by atoms with Crippen LogP contribution in [0, 0.1) is 0 Å². The van der Waals surface area contributed by atoms with Crippen molar-refractivity contribution in [3.05, 3.63) is 89.2 Å². The first kappa shape index (κ1) is 24.1. The Morgan fingerprint density at radius 1 is 0.861 bits per heavy atom. The molecule has 2 heterocycles. The smallest absolute Gasteiger partial charge is 0.175 e. The summed E-state index contributed by atoms with van der Waals surface area (Å²) in [5.74, 6) is 2.37. The number of benzene rings is 3. The Bertz CT molecular complexity index is 1490.